The Hall–Kier alpha value is -3.21. The van der Waals surface area contributed by atoms with E-state index in [1.54, 1.807) is 0 Å². The van der Waals surface area contributed by atoms with Crippen molar-refractivity contribution in [1.29, 1.82) is 0 Å². The molecule has 2 heterocycles. The molecule has 0 spiro atoms. The maximum Gasteiger partial charge on any atom is 0.257 e. The molecule has 0 radical (unpaired) electrons. The summed E-state index contributed by atoms with van der Waals surface area (Å²) < 4.78 is 7.33. The van der Waals surface area contributed by atoms with Gasteiger partial charge < -0.3 is 9.09 Å². The van der Waals surface area contributed by atoms with E-state index in [2.05, 4.69) is 10.1 Å². The summed E-state index contributed by atoms with van der Waals surface area (Å²) >= 11 is 0. The Morgan fingerprint density at radius 1 is 1.12 bits per heavy atom. The number of hydrogen-bond acceptors (Lipinski definition) is 4. The molecule has 0 atom stereocenters. The molecule has 0 amide bonds. The van der Waals surface area contributed by atoms with Gasteiger partial charge in [-0.1, -0.05) is 41.1 Å². The minimum Gasteiger partial charge on any atom is -0.339 e. The summed E-state index contributed by atoms with van der Waals surface area (Å²) in [6.45, 7) is 2.48. The molecule has 5 nitrogen and oxygen atoms in total. The summed E-state index contributed by atoms with van der Waals surface area (Å²) in [5.41, 5.74) is 3.71. The lowest BCUT2D eigenvalue weighted by atomic mass is 10.1. The Morgan fingerprint density at radius 3 is 2.71 bits per heavy atom. The van der Waals surface area contributed by atoms with E-state index in [9.17, 15) is 4.79 Å². The van der Waals surface area contributed by atoms with Crippen molar-refractivity contribution < 1.29 is 9.32 Å². The average molecular weight is 317 g/mol. The Labute approximate surface area is 138 Å². The number of aromatic nitrogens is 3. The predicted octanol–water partition coefficient (Wildman–Crippen LogP) is 3.86. The normalized spacial score (nSPS) is 11.0. The van der Waals surface area contributed by atoms with E-state index in [0.29, 0.717) is 23.8 Å². The number of aryl methyl sites for hydroxylation is 1. The van der Waals surface area contributed by atoms with Gasteiger partial charge in [-0.15, -0.1) is 0 Å². The molecular formula is C19H15N3O2. The number of benzene rings is 2. The molecule has 2 aromatic carbocycles. The van der Waals surface area contributed by atoms with Crippen molar-refractivity contribution in [2.24, 2.45) is 0 Å². The number of nitrogens with zero attached hydrogens (tertiary/aromatic N) is 3. The van der Waals surface area contributed by atoms with Crippen molar-refractivity contribution in [2.45, 2.75) is 13.5 Å². The van der Waals surface area contributed by atoms with Crippen LogP contribution in [0, 0.1) is 6.92 Å². The van der Waals surface area contributed by atoms with Crippen LogP contribution in [0.5, 0.6) is 0 Å². The fourth-order valence-corrected chi connectivity index (χ4v) is 2.78. The third-order valence-corrected chi connectivity index (χ3v) is 4.02. The molecule has 0 bridgehead atoms. The van der Waals surface area contributed by atoms with E-state index >= 15 is 0 Å². The van der Waals surface area contributed by atoms with E-state index in [4.69, 9.17) is 4.52 Å². The van der Waals surface area contributed by atoms with Crippen molar-refractivity contribution in [3.8, 4) is 11.5 Å². The van der Waals surface area contributed by atoms with Crippen LogP contribution in [0.25, 0.3) is 22.4 Å². The van der Waals surface area contributed by atoms with Gasteiger partial charge in [0.15, 0.2) is 12.1 Å². The largest absolute Gasteiger partial charge is 0.339 e. The minimum absolute atomic E-state index is 0.448. The van der Waals surface area contributed by atoms with Crippen LogP contribution in [0.15, 0.2) is 59.3 Å². The molecule has 4 aromatic rings. The van der Waals surface area contributed by atoms with Gasteiger partial charge in [-0.05, 0) is 25.1 Å². The summed E-state index contributed by atoms with van der Waals surface area (Å²) in [7, 11) is 0. The molecule has 0 unspecified atom stereocenters. The Balaban J connectivity index is 1.67. The second kappa shape index (κ2) is 5.77. The van der Waals surface area contributed by atoms with Gasteiger partial charge in [0.25, 0.3) is 5.89 Å². The number of rotatable bonds is 4. The lowest BCUT2D eigenvalue weighted by molar-refractivity contribution is 0.112. The van der Waals surface area contributed by atoms with Crippen molar-refractivity contribution in [3.05, 3.63) is 71.7 Å². The van der Waals surface area contributed by atoms with Crippen LogP contribution in [-0.4, -0.2) is 21.0 Å². The topological polar surface area (TPSA) is 60.9 Å². The van der Waals surface area contributed by atoms with Gasteiger partial charge in [0, 0.05) is 28.2 Å². The first kappa shape index (κ1) is 14.4. The number of carbonyl (C=O) groups is 1. The van der Waals surface area contributed by atoms with Crippen molar-refractivity contribution in [1.82, 2.24) is 14.7 Å². The highest BCUT2D eigenvalue weighted by Crippen LogP contribution is 2.22. The summed E-state index contributed by atoms with van der Waals surface area (Å²) in [4.78, 5) is 15.7. The van der Waals surface area contributed by atoms with Gasteiger partial charge in [0.1, 0.15) is 0 Å². The maximum atomic E-state index is 11.2. The number of aldehydes is 1. The van der Waals surface area contributed by atoms with Gasteiger partial charge in [-0.25, -0.2) is 0 Å². The Kier molecular flexibility index (Phi) is 3.46. The van der Waals surface area contributed by atoms with E-state index in [0.717, 1.165) is 22.8 Å². The number of para-hydroxylation sites is 1. The molecule has 0 saturated heterocycles. The zero-order valence-corrected chi connectivity index (χ0v) is 13.1. The van der Waals surface area contributed by atoms with Crippen LogP contribution in [0.1, 0.15) is 21.7 Å². The van der Waals surface area contributed by atoms with E-state index < -0.39 is 0 Å². The monoisotopic (exact) mass is 317 g/mol. The van der Waals surface area contributed by atoms with Crippen molar-refractivity contribution in [2.75, 3.05) is 0 Å². The van der Waals surface area contributed by atoms with Crippen LogP contribution < -0.4 is 0 Å². The minimum atomic E-state index is 0.448. The van der Waals surface area contributed by atoms with Gasteiger partial charge in [-0.2, -0.15) is 4.98 Å². The maximum absolute atomic E-state index is 11.2. The third-order valence-electron chi connectivity index (χ3n) is 4.02. The molecule has 0 aliphatic heterocycles. The first-order valence-electron chi connectivity index (χ1n) is 7.67. The molecule has 0 N–H and O–H groups in total. The van der Waals surface area contributed by atoms with Crippen molar-refractivity contribution in [3.63, 3.8) is 0 Å². The Morgan fingerprint density at radius 2 is 1.92 bits per heavy atom. The molecule has 0 saturated carbocycles. The third kappa shape index (κ3) is 2.50. The van der Waals surface area contributed by atoms with Crippen LogP contribution in [0.4, 0.5) is 0 Å². The molecule has 0 aliphatic carbocycles. The molecule has 0 aliphatic rings. The Bertz CT molecular complexity index is 1010. The fraction of sp³-hybridized carbons (Fsp3) is 0.105. The summed E-state index contributed by atoms with van der Waals surface area (Å²) in [6.07, 6.45) is 2.69. The number of hydrogen-bond donors (Lipinski definition) is 0. The van der Waals surface area contributed by atoms with Crippen LogP contribution in [0.2, 0.25) is 0 Å². The zero-order valence-electron chi connectivity index (χ0n) is 13.1. The van der Waals surface area contributed by atoms with Crippen LogP contribution in [-0.2, 0) is 6.54 Å². The van der Waals surface area contributed by atoms with Gasteiger partial charge in [-0.3, -0.25) is 4.79 Å². The molecule has 5 heteroatoms. The summed E-state index contributed by atoms with van der Waals surface area (Å²) in [5, 5.41) is 4.98. The van der Waals surface area contributed by atoms with Crippen molar-refractivity contribution >= 4 is 17.2 Å². The summed E-state index contributed by atoms with van der Waals surface area (Å²) in [5.74, 6) is 1.07. The fourth-order valence-electron chi connectivity index (χ4n) is 2.78. The molecule has 118 valence electrons. The van der Waals surface area contributed by atoms with Crippen LogP contribution in [0.3, 0.4) is 0 Å². The molecule has 0 fully saturated rings. The molecule has 2 aromatic heterocycles. The predicted molar refractivity (Wildman–Crippen MR) is 90.9 cm³/mol. The highest BCUT2D eigenvalue weighted by molar-refractivity contribution is 5.97. The van der Waals surface area contributed by atoms with Crippen LogP contribution >= 0.6 is 0 Å². The summed E-state index contributed by atoms with van der Waals surface area (Å²) in [6, 6.07) is 15.7. The zero-order chi connectivity index (χ0) is 16.5. The molecular weight excluding hydrogens is 302 g/mol. The van der Waals surface area contributed by atoms with E-state index in [1.807, 2.05) is 66.2 Å². The highest BCUT2D eigenvalue weighted by Gasteiger charge is 2.12. The standard InChI is InChI=1S/C19H15N3O2/c1-13-6-8-14(9-7-13)19-20-18(21-24-19)11-22-10-15(12-23)16-4-2-3-5-17(16)22/h2-10,12H,11H2,1H3. The SMILES string of the molecule is Cc1ccc(-c2nc(Cn3cc(C=O)c4ccccc43)no2)cc1. The second-order valence-corrected chi connectivity index (χ2v) is 5.73. The first-order chi connectivity index (χ1) is 11.7. The first-order valence-corrected chi connectivity index (χ1v) is 7.67. The van der Waals surface area contributed by atoms with E-state index in [1.165, 1.54) is 5.56 Å². The lowest BCUT2D eigenvalue weighted by Gasteiger charge is -2.00. The van der Waals surface area contributed by atoms with Gasteiger partial charge in [0.2, 0.25) is 0 Å². The second-order valence-electron chi connectivity index (χ2n) is 5.73. The molecule has 4 rings (SSSR count). The quantitative estimate of drug-likeness (QED) is 0.536. The smallest absolute Gasteiger partial charge is 0.257 e. The number of carbonyl (C=O) groups excluding carboxylic acids is 1. The average Bonchev–Trinajstić information content (AvgIpc) is 3.21. The van der Waals surface area contributed by atoms with Gasteiger partial charge >= 0.3 is 0 Å². The lowest BCUT2D eigenvalue weighted by Crippen LogP contribution is -1.99. The molecule has 24 heavy (non-hydrogen) atoms. The van der Waals surface area contributed by atoms with Gasteiger partial charge in [0.05, 0.1) is 6.54 Å². The highest BCUT2D eigenvalue weighted by atomic mass is 16.5. The van der Waals surface area contributed by atoms with E-state index in [-0.39, 0.29) is 0 Å². The number of fused-ring (bicyclic) bond motifs is 1.